The molecule has 0 aromatic carbocycles. The molecule has 0 amide bonds. The normalized spacial score (nSPS) is 11.4. The number of nitrogens with zero attached hydrogens (tertiary/aromatic N) is 2. The van der Waals surface area contributed by atoms with Gasteiger partial charge in [-0.15, -0.1) is 0 Å². The molecule has 0 bridgehead atoms. The van der Waals surface area contributed by atoms with Crippen molar-refractivity contribution in [1.29, 1.82) is 0 Å². The lowest BCUT2D eigenvalue weighted by Crippen LogP contribution is -2.32. The zero-order valence-corrected chi connectivity index (χ0v) is 14.4. The summed E-state index contributed by atoms with van der Waals surface area (Å²) < 4.78 is 5.22. The number of ether oxygens (including phenoxy) is 1. The fourth-order valence-corrected chi connectivity index (χ4v) is 2.30. The highest BCUT2D eigenvalue weighted by atomic mass is 16.5. The van der Waals surface area contributed by atoms with E-state index in [0.29, 0.717) is 12.0 Å². The van der Waals surface area contributed by atoms with E-state index < -0.39 is 0 Å². The maximum atomic E-state index is 5.22. The number of methoxy groups -OCH3 is 1. The number of hydrogen-bond acceptors (Lipinski definition) is 4. The van der Waals surface area contributed by atoms with Crippen molar-refractivity contribution in [3.05, 3.63) is 23.4 Å². The van der Waals surface area contributed by atoms with Crippen LogP contribution in [0.1, 0.15) is 38.8 Å². The molecule has 4 heteroatoms. The number of aromatic nitrogens is 1. The topological polar surface area (TPSA) is 37.4 Å². The van der Waals surface area contributed by atoms with E-state index in [1.807, 2.05) is 6.20 Å². The smallest absolute Gasteiger partial charge is 0.131 e. The third kappa shape index (κ3) is 6.44. The van der Waals surface area contributed by atoms with Crippen molar-refractivity contribution in [3.63, 3.8) is 0 Å². The quantitative estimate of drug-likeness (QED) is 0.759. The molecule has 1 aromatic heterocycles. The van der Waals surface area contributed by atoms with Gasteiger partial charge in [0.15, 0.2) is 0 Å². The van der Waals surface area contributed by atoms with Crippen molar-refractivity contribution in [2.75, 3.05) is 31.7 Å². The monoisotopic (exact) mass is 293 g/mol. The Morgan fingerprint density at radius 3 is 2.52 bits per heavy atom. The molecule has 1 heterocycles. The SMILES string of the molecule is COCCN(CC(C)C)c1ncc(CNC(C)C)cc1C. The highest BCUT2D eigenvalue weighted by molar-refractivity contribution is 5.47. The van der Waals surface area contributed by atoms with Crippen LogP contribution in [0, 0.1) is 12.8 Å². The second-order valence-electron chi connectivity index (χ2n) is 6.35. The first-order valence-electron chi connectivity index (χ1n) is 7.86. The predicted molar refractivity (Wildman–Crippen MR) is 89.9 cm³/mol. The molecule has 21 heavy (non-hydrogen) atoms. The van der Waals surface area contributed by atoms with Gasteiger partial charge in [-0.1, -0.05) is 27.7 Å². The van der Waals surface area contributed by atoms with E-state index in [4.69, 9.17) is 9.72 Å². The fourth-order valence-electron chi connectivity index (χ4n) is 2.30. The Bertz CT molecular complexity index is 418. The van der Waals surface area contributed by atoms with E-state index in [2.05, 4.69) is 50.9 Å². The van der Waals surface area contributed by atoms with Crippen LogP contribution in [-0.2, 0) is 11.3 Å². The number of rotatable bonds is 9. The van der Waals surface area contributed by atoms with Crippen LogP contribution in [0.15, 0.2) is 12.3 Å². The van der Waals surface area contributed by atoms with Crippen LogP contribution >= 0.6 is 0 Å². The third-order valence-electron chi connectivity index (χ3n) is 3.27. The van der Waals surface area contributed by atoms with Crippen LogP contribution in [0.2, 0.25) is 0 Å². The Balaban J connectivity index is 2.82. The average molecular weight is 293 g/mol. The second-order valence-corrected chi connectivity index (χ2v) is 6.35. The second kappa shape index (κ2) is 9.00. The molecule has 0 aliphatic rings. The van der Waals surface area contributed by atoms with Crippen LogP contribution in [0.3, 0.4) is 0 Å². The lowest BCUT2D eigenvalue weighted by molar-refractivity contribution is 0.204. The summed E-state index contributed by atoms with van der Waals surface area (Å²) in [7, 11) is 1.74. The minimum Gasteiger partial charge on any atom is -0.383 e. The molecule has 0 atom stereocenters. The summed E-state index contributed by atoms with van der Waals surface area (Å²) in [4.78, 5) is 7.02. The number of anilines is 1. The molecule has 1 aromatic rings. The van der Waals surface area contributed by atoms with Crippen molar-refractivity contribution in [2.45, 2.75) is 47.2 Å². The predicted octanol–water partition coefficient (Wildman–Crippen LogP) is 3.00. The maximum absolute atomic E-state index is 5.22. The molecule has 0 aliphatic heterocycles. The Morgan fingerprint density at radius 2 is 2.00 bits per heavy atom. The van der Waals surface area contributed by atoms with Crippen LogP contribution < -0.4 is 10.2 Å². The van der Waals surface area contributed by atoms with Crippen LogP contribution in [0.4, 0.5) is 5.82 Å². The van der Waals surface area contributed by atoms with Crippen molar-refractivity contribution in [3.8, 4) is 0 Å². The summed E-state index contributed by atoms with van der Waals surface area (Å²) in [5.41, 5.74) is 2.47. The van der Waals surface area contributed by atoms with Gasteiger partial charge in [-0.25, -0.2) is 4.98 Å². The highest BCUT2D eigenvalue weighted by Crippen LogP contribution is 2.19. The van der Waals surface area contributed by atoms with E-state index in [1.54, 1.807) is 7.11 Å². The van der Waals surface area contributed by atoms with Crippen LogP contribution in [0.5, 0.6) is 0 Å². The van der Waals surface area contributed by atoms with Crippen molar-refractivity contribution < 1.29 is 4.74 Å². The third-order valence-corrected chi connectivity index (χ3v) is 3.27. The lowest BCUT2D eigenvalue weighted by Gasteiger charge is -2.27. The molecule has 0 saturated heterocycles. The summed E-state index contributed by atoms with van der Waals surface area (Å²) in [6, 6.07) is 2.72. The van der Waals surface area contributed by atoms with E-state index in [0.717, 1.165) is 32.1 Å². The van der Waals surface area contributed by atoms with Crippen LogP contribution in [0.25, 0.3) is 0 Å². The first kappa shape index (κ1) is 17.9. The minimum absolute atomic E-state index is 0.490. The summed E-state index contributed by atoms with van der Waals surface area (Å²) in [6.45, 7) is 14.4. The van der Waals surface area contributed by atoms with Gasteiger partial charge < -0.3 is 15.0 Å². The van der Waals surface area contributed by atoms with Crippen molar-refractivity contribution >= 4 is 5.82 Å². The van der Waals surface area contributed by atoms with Crippen LogP contribution in [-0.4, -0.2) is 37.8 Å². The molecule has 1 rings (SSSR count). The summed E-state index contributed by atoms with van der Waals surface area (Å²) >= 11 is 0. The number of nitrogens with one attached hydrogen (secondary N) is 1. The Hall–Kier alpha value is -1.13. The maximum Gasteiger partial charge on any atom is 0.131 e. The zero-order chi connectivity index (χ0) is 15.8. The summed E-state index contributed by atoms with van der Waals surface area (Å²) in [6.07, 6.45) is 1.98. The largest absolute Gasteiger partial charge is 0.383 e. The molecule has 0 aliphatic carbocycles. The van der Waals surface area contributed by atoms with Gasteiger partial charge in [0.2, 0.25) is 0 Å². The molecule has 0 spiro atoms. The Labute approximate surface area is 129 Å². The van der Waals surface area contributed by atoms with E-state index in [-0.39, 0.29) is 0 Å². The average Bonchev–Trinajstić information content (AvgIpc) is 2.41. The number of aryl methyl sites for hydroxylation is 1. The Kier molecular flexibility index (Phi) is 7.68. The number of pyridine rings is 1. The molecule has 1 N–H and O–H groups in total. The van der Waals surface area contributed by atoms with Gasteiger partial charge in [0, 0.05) is 39.0 Å². The number of hydrogen-bond donors (Lipinski definition) is 1. The van der Waals surface area contributed by atoms with Gasteiger partial charge >= 0.3 is 0 Å². The van der Waals surface area contributed by atoms with Gasteiger partial charge in [0.25, 0.3) is 0 Å². The van der Waals surface area contributed by atoms with Gasteiger partial charge in [-0.2, -0.15) is 0 Å². The van der Waals surface area contributed by atoms with Gasteiger partial charge in [0.1, 0.15) is 5.82 Å². The molecular formula is C17H31N3O. The molecule has 0 unspecified atom stereocenters. The van der Waals surface area contributed by atoms with Crippen molar-refractivity contribution in [2.24, 2.45) is 5.92 Å². The minimum atomic E-state index is 0.490. The van der Waals surface area contributed by atoms with Crippen molar-refractivity contribution in [1.82, 2.24) is 10.3 Å². The highest BCUT2D eigenvalue weighted by Gasteiger charge is 2.13. The fraction of sp³-hybridized carbons (Fsp3) is 0.706. The summed E-state index contributed by atoms with van der Waals surface area (Å²) in [5, 5.41) is 3.43. The summed E-state index contributed by atoms with van der Waals surface area (Å²) in [5.74, 6) is 1.68. The van der Waals surface area contributed by atoms with E-state index >= 15 is 0 Å². The molecular weight excluding hydrogens is 262 g/mol. The first-order valence-corrected chi connectivity index (χ1v) is 7.86. The molecule has 0 fully saturated rings. The molecule has 4 nitrogen and oxygen atoms in total. The lowest BCUT2D eigenvalue weighted by atomic mass is 10.1. The Morgan fingerprint density at radius 1 is 1.29 bits per heavy atom. The molecule has 0 radical (unpaired) electrons. The van der Waals surface area contributed by atoms with E-state index in [1.165, 1.54) is 11.1 Å². The van der Waals surface area contributed by atoms with Gasteiger partial charge in [-0.05, 0) is 30.0 Å². The zero-order valence-electron chi connectivity index (χ0n) is 14.4. The molecule has 120 valence electrons. The first-order chi connectivity index (χ1) is 9.93. The van der Waals surface area contributed by atoms with Gasteiger partial charge in [0.05, 0.1) is 6.61 Å². The standard InChI is InChI=1S/C17H31N3O/c1-13(2)12-20(7-8-21-6)17-15(5)9-16(11-19-17)10-18-14(3)4/h9,11,13-14,18H,7-8,10,12H2,1-6H3. The van der Waals surface area contributed by atoms with Gasteiger partial charge in [-0.3, -0.25) is 0 Å². The molecule has 0 saturated carbocycles. The van der Waals surface area contributed by atoms with E-state index in [9.17, 15) is 0 Å².